The number of nitrogens with two attached hydrogens (primary N) is 2. The molecule has 0 fully saturated rings. The zero-order valence-electron chi connectivity index (χ0n) is 10.2. The van der Waals surface area contributed by atoms with Gasteiger partial charge in [-0.25, -0.2) is 0 Å². The van der Waals surface area contributed by atoms with Gasteiger partial charge in [0.2, 0.25) is 11.8 Å². The number of rotatable bonds is 7. The molecule has 0 saturated carbocycles. The van der Waals surface area contributed by atoms with Gasteiger partial charge in [-0.15, -0.1) is 0 Å². The van der Waals surface area contributed by atoms with Crippen molar-refractivity contribution in [2.24, 2.45) is 11.5 Å². The van der Waals surface area contributed by atoms with Crippen LogP contribution in [0.1, 0.15) is 20.8 Å². The molecule has 5 N–H and O–H groups in total. The summed E-state index contributed by atoms with van der Waals surface area (Å²) in [5.74, 6) is -0.922. The van der Waals surface area contributed by atoms with Gasteiger partial charge in [-0.05, 0) is 20.8 Å². The second kappa shape index (κ2) is 6.44. The molecule has 2 amide bonds. The zero-order valence-corrected chi connectivity index (χ0v) is 10.2. The van der Waals surface area contributed by atoms with Crippen LogP contribution in [0.5, 0.6) is 0 Å². The number of primary amides is 2. The van der Waals surface area contributed by atoms with E-state index in [0.29, 0.717) is 13.1 Å². The molecule has 0 aliphatic rings. The molecule has 0 atom stereocenters. The molecule has 16 heavy (non-hydrogen) atoms. The first-order valence-corrected chi connectivity index (χ1v) is 5.24. The van der Waals surface area contributed by atoms with E-state index in [4.69, 9.17) is 11.5 Å². The van der Waals surface area contributed by atoms with Crippen molar-refractivity contribution in [2.45, 2.75) is 26.3 Å². The van der Waals surface area contributed by atoms with E-state index in [0.717, 1.165) is 0 Å². The van der Waals surface area contributed by atoms with Crippen molar-refractivity contribution in [2.75, 3.05) is 26.2 Å². The lowest BCUT2D eigenvalue weighted by Gasteiger charge is -2.24. The lowest BCUT2D eigenvalue weighted by molar-refractivity contribution is -0.121. The summed E-state index contributed by atoms with van der Waals surface area (Å²) in [4.78, 5) is 23.1. The number of hydrogen-bond donors (Lipinski definition) is 3. The molecule has 94 valence electrons. The minimum Gasteiger partial charge on any atom is -0.369 e. The van der Waals surface area contributed by atoms with Gasteiger partial charge in [-0.2, -0.15) is 0 Å². The fourth-order valence-electron chi connectivity index (χ4n) is 1.24. The van der Waals surface area contributed by atoms with Crippen LogP contribution in [-0.2, 0) is 9.59 Å². The number of nitrogens with zero attached hydrogens (tertiary/aromatic N) is 1. The van der Waals surface area contributed by atoms with Crippen LogP contribution < -0.4 is 16.8 Å². The zero-order chi connectivity index (χ0) is 12.8. The largest absolute Gasteiger partial charge is 0.369 e. The average molecular weight is 230 g/mol. The number of carbonyl (C=O) groups excluding carboxylic acids is 2. The van der Waals surface area contributed by atoms with Crippen LogP contribution >= 0.6 is 0 Å². The lowest BCUT2D eigenvalue weighted by Crippen LogP contribution is -2.45. The molecule has 0 unspecified atom stereocenters. The molecule has 0 aromatic carbocycles. The van der Waals surface area contributed by atoms with Gasteiger partial charge in [-0.3, -0.25) is 14.5 Å². The highest BCUT2D eigenvalue weighted by Crippen LogP contribution is 1.97. The Morgan fingerprint density at radius 3 is 1.88 bits per heavy atom. The van der Waals surface area contributed by atoms with E-state index in [9.17, 15) is 9.59 Å². The molecule has 6 heteroatoms. The number of carbonyl (C=O) groups is 2. The van der Waals surface area contributed by atoms with Crippen molar-refractivity contribution in [3.63, 3.8) is 0 Å². The minimum absolute atomic E-state index is 0.00508. The van der Waals surface area contributed by atoms with E-state index >= 15 is 0 Å². The topological polar surface area (TPSA) is 101 Å². The van der Waals surface area contributed by atoms with Crippen LogP contribution in [-0.4, -0.2) is 48.4 Å². The van der Waals surface area contributed by atoms with Gasteiger partial charge in [0.25, 0.3) is 0 Å². The first-order chi connectivity index (χ1) is 7.20. The van der Waals surface area contributed by atoms with Crippen LogP contribution in [0.15, 0.2) is 0 Å². The second-order valence-electron chi connectivity index (χ2n) is 4.82. The normalized spacial score (nSPS) is 11.8. The molecule has 0 radical (unpaired) electrons. The summed E-state index contributed by atoms with van der Waals surface area (Å²) < 4.78 is 0. The van der Waals surface area contributed by atoms with Crippen molar-refractivity contribution < 1.29 is 9.59 Å². The van der Waals surface area contributed by atoms with Crippen LogP contribution in [0.3, 0.4) is 0 Å². The molecular weight excluding hydrogens is 208 g/mol. The predicted molar refractivity (Wildman–Crippen MR) is 62.6 cm³/mol. The number of nitrogens with one attached hydrogen (secondary N) is 1. The Kier molecular flexibility index (Phi) is 5.98. The fraction of sp³-hybridized carbons (Fsp3) is 0.800. The molecule has 0 saturated heterocycles. The molecule has 0 aromatic rings. The van der Waals surface area contributed by atoms with Crippen molar-refractivity contribution in [1.29, 1.82) is 0 Å². The van der Waals surface area contributed by atoms with E-state index in [2.05, 4.69) is 5.32 Å². The van der Waals surface area contributed by atoms with Crippen LogP contribution in [0, 0.1) is 0 Å². The van der Waals surface area contributed by atoms with Gasteiger partial charge in [0.05, 0.1) is 13.1 Å². The Labute approximate surface area is 96.3 Å². The maximum absolute atomic E-state index is 10.8. The first kappa shape index (κ1) is 14.9. The summed E-state index contributed by atoms with van der Waals surface area (Å²) in [5, 5.41) is 3.25. The highest BCUT2D eigenvalue weighted by Gasteiger charge is 2.13. The SMILES string of the molecule is CC(C)(C)NCCN(CC(N)=O)CC(N)=O. The third kappa shape index (κ3) is 9.42. The maximum atomic E-state index is 10.8. The van der Waals surface area contributed by atoms with E-state index in [1.807, 2.05) is 20.8 Å². The summed E-state index contributed by atoms with van der Waals surface area (Å²) in [6.45, 7) is 7.45. The van der Waals surface area contributed by atoms with Crippen molar-refractivity contribution in [3.05, 3.63) is 0 Å². The Bertz CT molecular complexity index is 232. The van der Waals surface area contributed by atoms with Gasteiger partial charge in [0.1, 0.15) is 0 Å². The molecule has 0 aliphatic carbocycles. The molecule has 0 aliphatic heterocycles. The Morgan fingerprint density at radius 2 is 1.56 bits per heavy atom. The predicted octanol–water partition coefficient (Wildman–Crippen LogP) is -1.35. The Balaban J connectivity index is 4.01. The van der Waals surface area contributed by atoms with Gasteiger partial charge in [0, 0.05) is 18.6 Å². The van der Waals surface area contributed by atoms with E-state index in [1.165, 1.54) is 0 Å². The highest BCUT2D eigenvalue weighted by atomic mass is 16.2. The Morgan fingerprint density at radius 1 is 1.12 bits per heavy atom. The molecule has 0 aromatic heterocycles. The van der Waals surface area contributed by atoms with Crippen molar-refractivity contribution >= 4 is 11.8 Å². The minimum atomic E-state index is -0.461. The summed E-state index contributed by atoms with van der Waals surface area (Å²) >= 11 is 0. The van der Waals surface area contributed by atoms with Gasteiger partial charge in [0.15, 0.2) is 0 Å². The molecular formula is C10H22N4O2. The highest BCUT2D eigenvalue weighted by molar-refractivity contribution is 5.79. The third-order valence-electron chi connectivity index (χ3n) is 1.84. The summed E-state index contributed by atoms with van der Waals surface area (Å²) in [6, 6.07) is 0. The summed E-state index contributed by atoms with van der Waals surface area (Å²) in [5.41, 5.74) is 10.2. The smallest absolute Gasteiger partial charge is 0.231 e. The molecule has 0 spiro atoms. The molecule has 0 heterocycles. The Hall–Kier alpha value is -1.14. The van der Waals surface area contributed by atoms with Gasteiger partial charge < -0.3 is 16.8 Å². The molecule has 0 rings (SSSR count). The van der Waals surface area contributed by atoms with Crippen molar-refractivity contribution in [3.8, 4) is 0 Å². The summed E-state index contributed by atoms with van der Waals surface area (Å²) in [7, 11) is 0. The maximum Gasteiger partial charge on any atom is 0.231 e. The molecule has 6 nitrogen and oxygen atoms in total. The average Bonchev–Trinajstić information content (AvgIpc) is 1.98. The van der Waals surface area contributed by atoms with Gasteiger partial charge >= 0.3 is 0 Å². The molecule has 0 bridgehead atoms. The number of amides is 2. The number of hydrogen-bond acceptors (Lipinski definition) is 4. The quantitative estimate of drug-likeness (QED) is 0.503. The fourth-order valence-corrected chi connectivity index (χ4v) is 1.24. The van der Waals surface area contributed by atoms with Crippen LogP contribution in [0.4, 0.5) is 0 Å². The standard InChI is InChI=1S/C10H22N4O2/c1-10(2,3)13-4-5-14(6-8(11)15)7-9(12)16/h13H,4-7H2,1-3H3,(H2,11,15)(H2,12,16). The van der Waals surface area contributed by atoms with E-state index in [1.54, 1.807) is 4.90 Å². The van der Waals surface area contributed by atoms with Gasteiger partial charge in [-0.1, -0.05) is 0 Å². The monoisotopic (exact) mass is 230 g/mol. The lowest BCUT2D eigenvalue weighted by atomic mass is 10.1. The van der Waals surface area contributed by atoms with E-state index < -0.39 is 11.8 Å². The van der Waals surface area contributed by atoms with Crippen molar-refractivity contribution in [1.82, 2.24) is 10.2 Å². The first-order valence-electron chi connectivity index (χ1n) is 5.24. The second-order valence-corrected chi connectivity index (χ2v) is 4.82. The van der Waals surface area contributed by atoms with Crippen LogP contribution in [0.2, 0.25) is 0 Å². The third-order valence-corrected chi connectivity index (χ3v) is 1.84. The van der Waals surface area contributed by atoms with E-state index in [-0.39, 0.29) is 18.6 Å². The summed E-state index contributed by atoms with van der Waals surface area (Å²) in [6.07, 6.45) is 0. The van der Waals surface area contributed by atoms with Crippen LogP contribution in [0.25, 0.3) is 0 Å².